The van der Waals surface area contributed by atoms with Crippen LogP contribution in [-0.2, 0) is 4.18 Å². The van der Waals surface area contributed by atoms with E-state index >= 15 is 0 Å². The molecule has 80 valence electrons. The predicted octanol–water partition coefficient (Wildman–Crippen LogP) is 3.94. The zero-order valence-corrected chi connectivity index (χ0v) is 9.54. The molecule has 0 amide bonds. The van der Waals surface area contributed by atoms with Crippen LogP contribution >= 0.6 is 28.0 Å². The second kappa shape index (κ2) is 5.45. The molecule has 0 aliphatic carbocycles. The Hall–Kier alpha value is -0.640. The van der Waals surface area contributed by atoms with Crippen molar-refractivity contribution < 1.29 is 17.4 Å². The molecule has 1 aromatic rings. The van der Waals surface area contributed by atoms with Crippen LogP contribution in [0.25, 0.3) is 0 Å². The van der Waals surface area contributed by atoms with Gasteiger partial charge in [0.15, 0.2) is 0 Å². The number of halogens is 4. The van der Waals surface area contributed by atoms with Gasteiger partial charge in [0.05, 0.1) is 12.0 Å². The van der Waals surface area contributed by atoms with Crippen LogP contribution in [0.5, 0.6) is 0 Å². The average Bonchev–Trinajstić information content (AvgIpc) is 2.14. The van der Waals surface area contributed by atoms with Crippen LogP contribution in [-0.4, -0.2) is 6.36 Å². The van der Waals surface area contributed by atoms with Crippen molar-refractivity contribution in [1.82, 2.24) is 0 Å². The number of benzene rings is 1. The first-order chi connectivity index (χ1) is 6.97. The van der Waals surface area contributed by atoms with Crippen molar-refractivity contribution in [3.05, 3.63) is 34.3 Å². The molecule has 0 radical (unpaired) electrons. The molecule has 15 heavy (non-hydrogen) atoms. The molecule has 0 bridgehead atoms. The second-order valence-corrected chi connectivity index (χ2v) is 3.80. The maximum absolute atomic E-state index is 11.5. The van der Waals surface area contributed by atoms with Crippen molar-refractivity contribution in [2.75, 3.05) is 0 Å². The summed E-state index contributed by atoms with van der Waals surface area (Å²) in [7, 11) is 0. The number of hydrogen-bond acceptors (Lipinski definition) is 2. The van der Waals surface area contributed by atoms with Gasteiger partial charge in [-0.15, -0.1) is 13.2 Å². The van der Waals surface area contributed by atoms with E-state index in [1.54, 1.807) is 24.3 Å². The summed E-state index contributed by atoms with van der Waals surface area (Å²) in [6, 6.07) is 6.87. The van der Waals surface area contributed by atoms with Crippen LogP contribution in [0.4, 0.5) is 13.2 Å². The third-order valence-electron chi connectivity index (χ3n) is 1.22. The standard InChI is InChI=1S/C9H4BrF3OS/c10-8-3-1-7(2-4-8)5-6-15-14-9(11,12)13/h1-4H. The molecule has 0 aliphatic heterocycles. The Bertz CT molecular complexity index is 377. The Labute approximate surface area is 97.3 Å². The van der Waals surface area contributed by atoms with Gasteiger partial charge >= 0.3 is 6.36 Å². The fraction of sp³-hybridized carbons (Fsp3) is 0.111. The van der Waals surface area contributed by atoms with E-state index in [0.717, 1.165) is 4.47 Å². The van der Waals surface area contributed by atoms with Gasteiger partial charge in [0.2, 0.25) is 0 Å². The molecular weight excluding hydrogens is 293 g/mol. The summed E-state index contributed by atoms with van der Waals surface area (Å²) < 4.78 is 38.8. The van der Waals surface area contributed by atoms with E-state index in [-0.39, 0.29) is 12.0 Å². The smallest absolute Gasteiger partial charge is 0.207 e. The van der Waals surface area contributed by atoms with Gasteiger partial charge in [-0.2, -0.15) is 0 Å². The van der Waals surface area contributed by atoms with Gasteiger partial charge in [-0.3, -0.25) is 0 Å². The number of alkyl halides is 3. The van der Waals surface area contributed by atoms with Crippen molar-refractivity contribution >= 4 is 28.0 Å². The van der Waals surface area contributed by atoms with Crippen molar-refractivity contribution in [3.8, 4) is 11.2 Å². The lowest BCUT2D eigenvalue weighted by atomic mass is 10.2. The molecule has 0 N–H and O–H groups in total. The van der Waals surface area contributed by atoms with E-state index in [0.29, 0.717) is 5.56 Å². The molecule has 0 saturated carbocycles. The van der Waals surface area contributed by atoms with Gasteiger partial charge in [0.25, 0.3) is 0 Å². The van der Waals surface area contributed by atoms with E-state index in [1.807, 2.05) is 0 Å². The van der Waals surface area contributed by atoms with E-state index < -0.39 is 6.36 Å². The lowest BCUT2D eigenvalue weighted by Crippen LogP contribution is -2.06. The average molecular weight is 297 g/mol. The quantitative estimate of drug-likeness (QED) is 0.573. The molecule has 1 nitrogen and oxygen atoms in total. The Kier molecular flexibility index (Phi) is 4.51. The summed E-state index contributed by atoms with van der Waals surface area (Å²) in [6.07, 6.45) is -4.65. The van der Waals surface area contributed by atoms with Gasteiger partial charge in [-0.25, -0.2) is 4.18 Å². The van der Waals surface area contributed by atoms with Crippen molar-refractivity contribution in [2.45, 2.75) is 6.36 Å². The highest BCUT2D eigenvalue weighted by molar-refractivity contribution is 9.10. The lowest BCUT2D eigenvalue weighted by molar-refractivity contribution is -0.266. The first-order valence-corrected chi connectivity index (χ1v) is 5.19. The Morgan fingerprint density at radius 3 is 2.33 bits per heavy atom. The van der Waals surface area contributed by atoms with Gasteiger partial charge in [0, 0.05) is 15.3 Å². The molecule has 1 aromatic carbocycles. The summed E-state index contributed by atoms with van der Waals surface area (Å²) in [6.45, 7) is 0. The molecule has 0 fully saturated rings. The van der Waals surface area contributed by atoms with E-state index in [4.69, 9.17) is 0 Å². The second-order valence-electron chi connectivity index (χ2n) is 2.35. The summed E-state index contributed by atoms with van der Waals surface area (Å²) in [5, 5.41) is 2.19. The van der Waals surface area contributed by atoms with Gasteiger partial charge in [-0.05, 0) is 24.3 Å². The SMILES string of the molecule is FC(F)(F)OSC#Cc1ccc(Br)cc1. The topological polar surface area (TPSA) is 9.23 Å². The zero-order valence-electron chi connectivity index (χ0n) is 7.14. The summed E-state index contributed by atoms with van der Waals surface area (Å²) in [5.74, 6) is 2.51. The third-order valence-corrected chi connectivity index (χ3v) is 2.20. The largest absolute Gasteiger partial charge is 0.534 e. The van der Waals surface area contributed by atoms with Crippen LogP contribution < -0.4 is 0 Å². The molecule has 6 heteroatoms. The summed E-state index contributed by atoms with van der Waals surface area (Å²) >= 11 is 3.29. The maximum Gasteiger partial charge on any atom is 0.534 e. The minimum absolute atomic E-state index is 0.0614. The van der Waals surface area contributed by atoms with E-state index in [9.17, 15) is 13.2 Å². The van der Waals surface area contributed by atoms with Gasteiger partial charge in [0.1, 0.15) is 0 Å². The van der Waals surface area contributed by atoms with Crippen molar-refractivity contribution in [2.24, 2.45) is 0 Å². The monoisotopic (exact) mass is 296 g/mol. The van der Waals surface area contributed by atoms with E-state index in [1.165, 1.54) is 0 Å². The normalized spacial score (nSPS) is 10.7. The predicted molar refractivity (Wildman–Crippen MR) is 55.8 cm³/mol. The molecule has 1 rings (SSSR count). The Morgan fingerprint density at radius 2 is 1.80 bits per heavy atom. The molecule has 0 saturated heterocycles. The fourth-order valence-electron chi connectivity index (χ4n) is 0.681. The molecule has 0 aromatic heterocycles. The zero-order chi connectivity index (χ0) is 11.3. The van der Waals surface area contributed by atoms with Crippen molar-refractivity contribution in [3.63, 3.8) is 0 Å². The number of rotatable bonds is 1. The highest BCUT2D eigenvalue weighted by atomic mass is 79.9. The third kappa shape index (κ3) is 5.72. The molecule has 0 spiro atoms. The molecule has 0 aliphatic rings. The van der Waals surface area contributed by atoms with Crippen LogP contribution in [0.3, 0.4) is 0 Å². The molecular formula is C9H4BrF3OS. The Balaban J connectivity index is 2.48. The van der Waals surface area contributed by atoms with Crippen LogP contribution in [0.2, 0.25) is 0 Å². The van der Waals surface area contributed by atoms with Gasteiger partial charge < -0.3 is 0 Å². The fourth-order valence-corrected chi connectivity index (χ4v) is 1.24. The highest BCUT2D eigenvalue weighted by Crippen LogP contribution is 2.22. The number of hydrogen-bond donors (Lipinski definition) is 0. The molecule has 0 unspecified atom stereocenters. The van der Waals surface area contributed by atoms with Crippen LogP contribution in [0.1, 0.15) is 5.56 Å². The first kappa shape index (κ1) is 12.4. The summed E-state index contributed by atoms with van der Waals surface area (Å²) in [5.41, 5.74) is 0.622. The first-order valence-electron chi connectivity index (χ1n) is 3.65. The minimum Gasteiger partial charge on any atom is -0.207 e. The maximum atomic E-state index is 11.5. The highest BCUT2D eigenvalue weighted by Gasteiger charge is 2.29. The minimum atomic E-state index is -4.65. The van der Waals surface area contributed by atoms with Gasteiger partial charge in [-0.1, -0.05) is 21.9 Å². The van der Waals surface area contributed by atoms with Crippen LogP contribution in [0, 0.1) is 11.2 Å². The Morgan fingerprint density at radius 1 is 1.20 bits per heavy atom. The van der Waals surface area contributed by atoms with E-state index in [2.05, 4.69) is 31.3 Å². The summed E-state index contributed by atoms with van der Waals surface area (Å²) in [4.78, 5) is 0. The molecule has 0 atom stereocenters. The lowest BCUT2D eigenvalue weighted by Gasteiger charge is -1.99. The van der Waals surface area contributed by atoms with Crippen LogP contribution in [0.15, 0.2) is 28.7 Å². The van der Waals surface area contributed by atoms with Crippen molar-refractivity contribution in [1.29, 1.82) is 0 Å². The molecule has 0 heterocycles.